The molecule has 2 rings (SSSR count). The molecule has 3 N–H and O–H groups in total. The molecule has 1 atom stereocenters. The molecule has 0 spiro atoms. The van der Waals surface area contributed by atoms with E-state index in [0.717, 1.165) is 17.4 Å². The number of aryl methyl sites for hydroxylation is 1. The Morgan fingerprint density at radius 1 is 1.33 bits per heavy atom. The molecule has 27 heavy (non-hydrogen) atoms. The maximum atomic E-state index is 12.3. The van der Waals surface area contributed by atoms with Gasteiger partial charge in [-0.05, 0) is 43.4 Å². The molecule has 1 aromatic heterocycles. The predicted molar refractivity (Wildman–Crippen MR) is 110 cm³/mol. The van der Waals surface area contributed by atoms with E-state index in [1.807, 2.05) is 19.1 Å². The zero-order valence-corrected chi connectivity index (χ0v) is 17.2. The van der Waals surface area contributed by atoms with Gasteiger partial charge in [0.15, 0.2) is 0 Å². The minimum Gasteiger partial charge on any atom is -0.497 e. The number of halogens is 1. The van der Waals surface area contributed by atoms with Crippen molar-refractivity contribution in [2.75, 3.05) is 13.7 Å². The number of ether oxygens (including phenoxy) is 1. The molecule has 0 saturated carbocycles. The molecule has 0 saturated heterocycles. The summed E-state index contributed by atoms with van der Waals surface area (Å²) in [7, 11) is 1.56. The van der Waals surface area contributed by atoms with E-state index in [1.54, 1.807) is 13.2 Å². The number of carbonyl (C=O) groups is 1. The molecule has 7 heteroatoms. The van der Waals surface area contributed by atoms with Crippen LogP contribution in [-0.4, -0.2) is 25.6 Å². The fourth-order valence-electron chi connectivity index (χ4n) is 3.11. The Labute approximate surface area is 165 Å². The third-order valence-electron chi connectivity index (χ3n) is 4.50. The van der Waals surface area contributed by atoms with Gasteiger partial charge in [0.25, 0.3) is 0 Å². The molecule has 6 nitrogen and oxygen atoms in total. The Balaban J connectivity index is 0.00000364. The van der Waals surface area contributed by atoms with E-state index in [4.69, 9.17) is 14.9 Å². The van der Waals surface area contributed by atoms with Crippen LogP contribution in [0.25, 0.3) is 11.0 Å². The Kier molecular flexibility index (Phi) is 8.79. The highest BCUT2D eigenvalue weighted by Gasteiger charge is 2.16. The van der Waals surface area contributed by atoms with Crippen LogP contribution in [0.15, 0.2) is 27.4 Å². The third-order valence-corrected chi connectivity index (χ3v) is 4.50. The van der Waals surface area contributed by atoms with Gasteiger partial charge in [-0.2, -0.15) is 0 Å². The van der Waals surface area contributed by atoms with Crippen LogP contribution in [0.2, 0.25) is 0 Å². The van der Waals surface area contributed by atoms with Crippen LogP contribution in [0.5, 0.6) is 5.75 Å². The molecule has 0 aliphatic rings. The molecule has 1 heterocycles. The monoisotopic (exact) mass is 396 g/mol. The largest absolute Gasteiger partial charge is 0.497 e. The summed E-state index contributed by atoms with van der Waals surface area (Å²) in [4.78, 5) is 24.6. The molecule has 0 bridgehead atoms. The van der Waals surface area contributed by atoms with Gasteiger partial charge in [0.1, 0.15) is 11.3 Å². The Morgan fingerprint density at radius 2 is 2.04 bits per heavy atom. The molecular formula is C20H29ClN2O4. The van der Waals surface area contributed by atoms with E-state index in [9.17, 15) is 9.59 Å². The average Bonchev–Trinajstić information content (AvgIpc) is 2.59. The second kappa shape index (κ2) is 10.3. The summed E-state index contributed by atoms with van der Waals surface area (Å²) in [6.07, 6.45) is 1.39. The van der Waals surface area contributed by atoms with Crippen molar-refractivity contribution in [3.8, 4) is 5.75 Å². The molecule has 0 aliphatic carbocycles. The molecular weight excluding hydrogens is 368 g/mol. The maximum Gasteiger partial charge on any atom is 0.339 e. The summed E-state index contributed by atoms with van der Waals surface area (Å²) in [6, 6.07) is 5.34. The highest BCUT2D eigenvalue weighted by Crippen LogP contribution is 2.24. The molecule has 0 aliphatic heterocycles. The lowest BCUT2D eigenvalue weighted by Gasteiger charge is -2.18. The van der Waals surface area contributed by atoms with Gasteiger partial charge in [0, 0.05) is 36.0 Å². The third kappa shape index (κ3) is 5.97. The van der Waals surface area contributed by atoms with Crippen molar-refractivity contribution in [1.82, 2.24) is 5.32 Å². The van der Waals surface area contributed by atoms with Crippen LogP contribution in [0.1, 0.15) is 37.8 Å². The Morgan fingerprint density at radius 3 is 2.63 bits per heavy atom. The molecule has 2 aromatic rings. The van der Waals surface area contributed by atoms with Gasteiger partial charge >= 0.3 is 5.63 Å². The van der Waals surface area contributed by atoms with Crippen molar-refractivity contribution in [3.05, 3.63) is 39.7 Å². The molecule has 1 amide bonds. The maximum absolute atomic E-state index is 12.3. The SMILES string of the molecule is COc1ccc2c(C)c(CCC(=O)NC(CN)CC(C)C)c(=O)oc2c1.Cl. The van der Waals surface area contributed by atoms with E-state index < -0.39 is 5.63 Å². The number of rotatable bonds is 8. The lowest BCUT2D eigenvalue weighted by atomic mass is 10.0. The molecule has 1 unspecified atom stereocenters. The van der Waals surface area contributed by atoms with Crippen LogP contribution in [-0.2, 0) is 11.2 Å². The number of nitrogens with two attached hydrogens (primary N) is 1. The number of amides is 1. The first kappa shape index (κ1) is 23.0. The Bertz CT molecular complexity index is 833. The van der Waals surface area contributed by atoms with E-state index in [-0.39, 0.29) is 30.8 Å². The van der Waals surface area contributed by atoms with E-state index in [1.165, 1.54) is 0 Å². The highest BCUT2D eigenvalue weighted by molar-refractivity contribution is 5.85. The second-order valence-corrected chi connectivity index (χ2v) is 6.98. The minimum atomic E-state index is -0.409. The molecule has 150 valence electrons. The smallest absolute Gasteiger partial charge is 0.339 e. The molecule has 0 fully saturated rings. The number of benzene rings is 1. The van der Waals surface area contributed by atoms with Crippen LogP contribution < -0.4 is 21.4 Å². The fraction of sp³-hybridized carbons (Fsp3) is 0.500. The van der Waals surface area contributed by atoms with Crippen molar-refractivity contribution in [2.45, 2.75) is 46.1 Å². The summed E-state index contributed by atoms with van der Waals surface area (Å²) in [5, 5.41) is 3.79. The van der Waals surface area contributed by atoms with E-state index in [0.29, 0.717) is 35.8 Å². The lowest BCUT2D eigenvalue weighted by Crippen LogP contribution is -2.41. The average molecular weight is 397 g/mol. The normalized spacial score (nSPS) is 11.9. The molecule has 0 radical (unpaired) electrons. The number of nitrogens with one attached hydrogen (secondary N) is 1. The van der Waals surface area contributed by atoms with Gasteiger partial charge in [-0.25, -0.2) is 4.79 Å². The number of carbonyl (C=O) groups excluding carboxylic acids is 1. The zero-order valence-electron chi connectivity index (χ0n) is 16.3. The van der Waals surface area contributed by atoms with Gasteiger partial charge in [0.05, 0.1) is 7.11 Å². The van der Waals surface area contributed by atoms with Crippen molar-refractivity contribution >= 4 is 29.3 Å². The van der Waals surface area contributed by atoms with Gasteiger partial charge in [-0.1, -0.05) is 13.8 Å². The number of fused-ring (bicyclic) bond motifs is 1. The number of hydrogen-bond donors (Lipinski definition) is 2. The summed E-state index contributed by atoms with van der Waals surface area (Å²) in [5.41, 5.74) is 7.17. The summed E-state index contributed by atoms with van der Waals surface area (Å²) in [6.45, 7) is 6.46. The topological polar surface area (TPSA) is 94.6 Å². The van der Waals surface area contributed by atoms with Crippen LogP contribution in [0.4, 0.5) is 0 Å². The van der Waals surface area contributed by atoms with Crippen molar-refractivity contribution in [3.63, 3.8) is 0 Å². The first-order chi connectivity index (χ1) is 12.3. The number of hydrogen-bond acceptors (Lipinski definition) is 5. The number of methoxy groups -OCH3 is 1. The second-order valence-electron chi connectivity index (χ2n) is 6.98. The summed E-state index contributed by atoms with van der Waals surface area (Å²) >= 11 is 0. The fourth-order valence-corrected chi connectivity index (χ4v) is 3.11. The Hall–Kier alpha value is -2.05. The van der Waals surface area contributed by atoms with Crippen LogP contribution in [0.3, 0.4) is 0 Å². The first-order valence-corrected chi connectivity index (χ1v) is 8.95. The lowest BCUT2D eigenvalue weighted by molar-refractivity contribution is -0.121. The van der Waals surface area contributed by atoms with Gasteiger partial charge in [-0.15, -0.1) is 12.4 Å². The van der Waals surface area contributed by atoms with Crippen molar-refractivity contribution < 1.29 is 13.9 Å². The summed E-state index contributed by atoms with van der Waals surface area (Å²) < 4.78 is 10.6. The summed E-state index contributed by atoms with van der Waals surface area (Å²) in [5.74, 6) is 0.982. The molecule has 1 aromatic carbocycles. The zero-order chi connectivity index (χ0) is 19.3. The standard InChI is InChI=1S/C20H28N2O4.ClH/c1-12(2)9-14(11-21)22-19(23)8-7-17-13(3)16-6-5-15(25-4)10-18(16)26-20(17)24;/h5-6,10,12,14H,7-9,11,21H2,1-4H3,(H,22,23);1H. The van der Waals surface area contributed by atoms with Crippen molar-refractivity contribution in [1.29, 1.82) is 0 Å². The van der Waals surface area contributed by atoms with Crippen molar-refractivity contribution in [2.24, 2.45) is 11.7 Å². The minimum absolute atomic E-state index is 0. The van der Waals surface area contributed by atoms with Crippen LogP contribution in [0, 0.1) is 12.8 Å². The quantitative estimate of drug-likeness (QED) is 0.669. The van der Waals surface area contributed by atoms with Gasteiger partial charge in [0.2, 0.25) is 5.91 Å². The van der Waals surface area contributed by atoms with Gasteiger partial charge < -0.3 is 20.2 Å². The van der Waals surface area contributed by atoms with Gasteiger partial charge in [-0.3, -0.25) is 4.79 Å². The first-order valence-electron chi connectivity index (χ1n) is 8.95. The van der Waals surface area contributed by atoms with Crippen LogP contribution >= 0.6 is 12.4 Å². The highest BCUT2D eigenvalue weighted by atomic mass is 35.5. The van der Waals surface area contributed by atoms with E-state index >= 15 is 0 Å². The predicted octanol–water partition coefficient (Wildman–Crippen LogP) is 2.95. The van der Waals surface area contributed by atoms with E-state index in [2.05, 4.69) is 19.2 Å².